The first-order valence-electron chi connectivity index (χ1n) is 9.35. The standard InChI is InChI=1S/C20H19N5O3S/c1-14-17-7-2-3-8-18(17)20-22-21-19(25(20)23-14)15-5-4-6-16(13-15)29(26,27)24-9-11-28-12-10-24/h2-8,13H,9-12H2,1H3. The van der Waals surface area contributed by atoms with Crippen LogP contribution in [0.15, 0.2) is 53.4 Å². The topological polar surface area (TPSA) is 89.7 Å². The Morgan fingerprint density at radius 2 is 1.72 bits per heavy atom. The highest BCUT2D eigenvalue weighted by atomic mass is 32.2. The largest absolute Gasteiger partial charge is 0.379 e. The predicted octanol–water partition coefficient (Wildman–Crippen LogP) is 2.27. The minimum Gasteiger partial charge on any atom is -0.379 e. The van der Waals surface area contributed by atoms with Crippen LogP contribution in [0.25, 0.3) is 27.8 Å². The Hall–Kier alpha value is -2.88. The Labute approximate surface area is 167 Å². The van der Waals surface area contributed by atoms with Crippen LogP contribution in [0.3, 0.4) is 0 Å². The van der Waals surface area contributed by atoms with Crippen LogP contribution in [0.4, 0.5) is 0 Å². The number of morpholine rings is 1. The molecular formula is C20H19N5O3S. The van der Waals surface area contributed by atoms with E-state index in [0.29, 0.717) is 43.3 Å². The number of hydrogen-bond donors (Lipinski definition) is 0. The van der Waals surface area contributed by atoms with E-state index in [1.165, 1.54) is 4.31 Å². The quantitative estimate of drug-likeness (QED) is 0.516. The summed E-state index contributed by atoms with van der Waals surface area (Å²) in [6.45, 7) is 3.46. The maximum absolute atomic E-state index is 13.0. The zero-order valence-corrected chi connectivity index (χ0v) is 16.6. The van der Waals surface area contributed by atoms with Gasteiger partial charge < -0.3 is 4.74 Å². The van der Waals surface area contributed by atoms with Crippen LogP contribution in [0.1, 0.15) is 5.69 Å². The molecule has 4 aromatic rings. The Morgan fingerprint density at radius 1 is 0.966 bits per heavy atom. The molecule has 1 fully saturated rings. The molecule has 0 unspecified atom stereocenters. The first-order chi connectivity index (χ1) is 14.1. The van der Waals surface area contributed by atoms with Crippen LogP contribution in [0.2, 0.25) is 0 Å². The summed E-state index contributed by atoms with van der Waals surface area (Å²) in [7, 11) is -3.60. The van der Waals surface area contributed by atoms with Crippen molar-refractivity contribution < 1.29 is 13.2 Å². The lowest BCUT2D eigenvalue weighted by Crippen LogP contribution is -2.40. The fraction of sp³-hybridized carbons (Fsp3) is 0.250. The van der Waals surface area contributed by atoms with E-state index < -0.39 is 10.0 Å². The molecule has 1 aliphatic rings. The maximum atomic E-state index is 13.0. The number of fused-ring (bicyclic) bond motifs is 3. The number of aromatic nitrogens is 4. The SMILES string of the molecule is Cc1nn2c(-c3cccc(S(=O)(=O)N4CCOCC4)c3)nnc2c2ccccc12. The van der Waals surface area contributed by atoms with E-state index in [-0.39, 0.29) is 4.90 Å². The molecule has 0 amide bonds. The van der Waals surface area contributed by atoms with Gasteiger partial charge in [0, 0.05) is 29.4 Å². The molecule has 2 aromatic heterocycles. The summed E-state index contributed by atoms with van der Waals surface area (Å²) in [4.78, 5) is 0.228. The highest BCUT2D eigenvalue weighted by Gasteiger charge is 2.27. The molecule has 2 aromatic carbocycles. The third-order valence-corrected chi connectivity index (χ3v) is 7.04. The van der Waals surface area contributed by atoms with Crippen LogP contribution in [0, 0.1) is 6.92 Å². The fourth-order valence-electron chi connectivity index (χ4n) is 3.65. The monoisotopic (exact) mass is 409 g/mol. The Kier molecular flexibility index (Phi) is 4.30. The van der Waals surface area contributed by atoms with Gasteiger partial charge in [0.1, 0.15) is 0 Å². The van der Waals surface area contributed by atoms with Gasteiger partial charge in [-0.25, -0.2) is 8.42 Å². The number of benzene rings is 2. The first kappa shape index (κ1) is 18.2. The van der Waals surface area contributed by atoms with Gasteiger partial charge in [0.2, 0.25) is 10.0 Å². The molecule has 0 radical (unpaired) electrons. The van der Waals surface area contributed by atoms with E-state index in [4.69, 9.17) is 4.74 Å². The number of sulfonamides is 1. The lowest BCUT2D eigenvalue weighted by atomic mass is 10.1. The number of aryl methyl sites for hydroxylation is 1. The molecule has 3 heterocycles. The first-order valence-corrected chi connectivity index (χ1v) is 10.8. The lowest BCUT2D eigenvalue weighted by molar-refractivity contribution is 0.0730. The summed E-state index contributed by atoms with van der Waals surface area (Å²) in [5, 5.41) is 15.2. The minimum absolute atomic E-state index is 0.228. The lowest BCUT2D eigenvalue weighted by Gasteiger charge is -2.26. The zero-order valence-electron chi connectivity index (χ0n) is 15.8. The van der Waals surface area contributed by atoms with Crippen molar-refractivity contribution in [3.63, 3.8) is 0 Å². The second kappa shape index (κ2) is 6.87. The van der Waals surface area contributed by atoms with Crippen molar-refractivity contribution in [3.8, 4) is 11.4 Å². The van der Waals surface area contributed by atoms with E-state index in [2.05, 4.69) is 15.3 Å². The van der Waals surface area contributed by atoms with Crippen LogP contribution < -0.4 is 0 Å². The summed E-state index contributed by atoms with van der Waals surface area (Å²) >= 11 is 0. The second-order valence-corrected chi connectivity index (χ2v) is 8.87. The average Bonchev–Trinajstić information content (AvgIpc) is 3.19. The van der Waals surface area contributed by atoms with Crippen LogP contribution in [-0.2, 0) is 14.8 Å². The Morgan fingerprint density at radius 3 is 2.52 bits per heavy atom. The molecule has 8 nitrogen and oxygen atoms in total. The summed E-state index contributed by atoms with van der Waals surface area (Å²) in [5.74, 6) is 0.507. The molecule has 9 heteroatoms. The van der Waals surface area contributed by atoms with Crippen LogP contribution in [-0.4, -0.2) is 58.8 Å². The van der Waals surface area contributed by atoms with Gasteiger partial charge in [-0.3, -0.25) is 0 Å². The minimum atomic E-state index is -3.60. The Bertz CT molecular complexity index is 1330. The normalized spacial score (nSPS) is 15.9. The van der Waals surface area contributed by atoms with Crippen molar-refractivity contribution in [2.24, 2.45) is 0 Å². The van der Waals surface area contributed by atoms with E-state index in [1.807, 2.05) is 37.3 Å². The van der Waals surface area contributed by atoms with Gasteiger partial charge in [0.25, 0.3) is 0 Å². The number of hydrogen-bond acceptors (Lipinski definition) is 6. The fourth-order valence-corrected chi connectivity index (χ4v) is 5.11. The van der Waals surface area contributed by atoms with Crippen LogP contribution >= 0.6 is 0 Å². The summed E-state index contributed by atoms with van der Waals surface area (Å²) in [5.41, 5.74) is 2.14. The highest BCUT2D eigenvalue weighted by molar-refractivity contribution is 7.89. The molecule has 29 heavy (non-hydrogen) atoms. The number of rotatable bonds is 3. The molecule has 1 saturated heterocycles. The number of nitrogens with zero attached hydrogens (tertiary/aromatic N) is 5. The van der Waals surface area contributed by atoms with Crippen molar-refractivity contribution in [3.05, 3.63) is 54.2 Å². The molecule has 0 aliphatic carbocycles. The van der Waals surface area contributed by atoms with Crippen molar-refractivity contribution in [1.82, 2.24) is 24.1 Å². The summed E-state index contributed by atoms with van der Waals surface area (Å²) < 4.78 is 34.4. The van der Waals surface area contributed by atoms with Gasteiger partial charge in [0.15, 0.2) is 11.5 Å². The molecule has 1 aliphatic heterocycles. The molecule has 148 valence electrons. The van der Waals surface area contributed by atoms with Crippen molar-refractivity contribution in [2.75, 3.05) is 26.3 Å². The zero-order chi connectivity index (χ0) is 20.0. The van der Waals surface area contributed by atoms with E-state index >= 15 is 0 Å². The Balaban J connectivity index is 1.64. The summed E-state index contributed by atoms with van der Waals surface area (Å²) in [6.07, 6.45) is 0. The van der Waals surface area contributed by atoms with E-state index in [0.717, 1.165) is 16.5 Å². The maximum Gasteiger partial charge on any atom is 0.243 e. The highest BCUT2D eigenvalue weighted by Crippen LogP contribution is 2.27. The molecule has 0 N–H and O–H groups in total. The van der Waals surface area contributed by atoms with Gasteiger partial charge in [-0.2, -0.15) is 13.9 Å². The molecular weight excluding hydrogens is 390 g/mol. The third kappa shape index (κ3) is 2.98. The molecule has 0 spiro atoms. The average molecular weight is 409 g/mol. The molecule has 0 bridgehead atoms. The summed E-state index contributed by atoms with van der Waals surface area (Å²) in [6, 6.07) is 14.7. The molecule has 5 rings (SSSR count). The smallest absolute Gasteiger partial charge is 0.243 e. The second-order valence-electron chi connectivity index (χ2n) is 6.93. The van der Waals surface area contributed by atoms with E-state index in [1.54, 1.807) is 22.7 Å². The van der Waals surface area contributed by atoms with E-state index in [9.17, 15) is 8.42 Å². The van der Waals surface area contributed by atoms with Gasteiger partial charge in [-0.15, -0.1) is 10.2 Å². The van der Waals surface area contributed by atoms with Gasteiger partial charge >= 0.3 is 0 Å². The predicted molar refractivity (Wildman–Crippen MR) is 108 cm³/mol. The van der Waals surface area contributed by atoms with Gasteiger partial charge in [-0.05, 0) is 19.1 Å². The molecule has 0 atom stereocenters. The number of ether oxygens (including phenoxy) is 1. The third-order valence-electron chi connectivity index (χ3n) is 5.15. The molecule has 0 saturated carbocycles. The van der Waals surface area contributed by atoms with Gasteiger partial charge in [-0.1, -0.05) is 36.4 Å². The van der Waals surface area contributed by atoms with Crippen molar-refractivity contribution in [2.45, 2.75) is 11.8 Å². The van der Waals surface area contributed by atoms with Crippen LogP contribution in [0.5, 0.6) is 0 Å². The van der Waals surface area contributed by atoms with Gasteiger partial charge in [0.05, 0.1) is 23.8 Å². The van der Waals surface area contributed by atoms with Crippen molar-refractivity contribution in [1.29, 1.82) is 0 Å². The van der Waals surface area contributed by atoms with Crippen molar-refractivity contribution >= 4 is 26.4 Å².